The molecule has 3 aromatic rings. The number of rotatable bonds is 5. The molecule has 178 valence electrons. The molecule has 1 aliphatic rings. The van der Waals surface area contributed by atoms with E-state index >= 15 is 0 Å². The van der Waals surface area contributed by atoms with Gasteiger partial charge in [-0.15, -0.1) is 0 Å². The topological polar surface area (TPSA) is 85.2 Å². The molecule has 33 heavy (non-hydrogen) atoms. The maximum Gasteiger partial charge on any atom is 0.330 e. The molecular formula is C25H37N7O. The lowest BCUT2D eigenvalue weighted by atomic mass is 9.97. The van der Waals surface area contributed by atoms with E-state index in [9.17, 15) is 4.79 Å². The first-order valence-corrected chi connectivity index (χ1v) is 11.9. The molecule has 3 aromatic heterocycles. The predicted octanol–water partition coefficient (Wildman–Crippen LogP) is 3.64. The van der Waals surface area contributed by atoms with Gasteiger partial charge in [-0.2, -0.15) is 0 Å². The second-order valence-corrected chi connectivity index (χ2v) is 10.4. The average molecular weight is 452 g/mol. The SMILES string of the molecule is CCC1CN(c2ccc3c(n2)n(C)c(=O)n3CC(C)(C)C)CC(CC)N1c1ncccc1N. The number of piperazine rings is 1. The summed E-state index contributed by atoms with van der Waals surface area (Å²) in [5.74, 6) is 1.79. The number of imidazole rings is 1. The summed E-state index contributed by atoms with van der Waals surface area (Å²) >= 11 is 0. The molecule has 8 nitrogen and oxygen atoms in total. The Morgan fingerprint density at radius 2 is 1.76 bits per heavy atom. The number of aryl methyl sites for hydroxylation is 1. The first-order chi connectivity index (χ1) is 15.6. The van der Waals surface area contributed by atoms with E-state index in [0.29, 0.717) is 6.54 Å². The third-order valence-electron chi connectivity index (χ3n) is 6.58. The minimum absolute atomic E-state index is 0.00310. The Labute approximate surface area is 196 Å². The molecule has 0 aliphatic carbocycles. The Morgan fingerprint density at radius 1 is 1.09 bits per heavy atom. The predicted molar refractivity (Wildman–Crippen MR) is 136 cm³/mol. The lowest BCUT2D eigenvalue weighted by molar-refractivity contribution is 0.342. The number of aromatic nitrogens is 4. The molecule has 1 aliphatic heterocycles. The first kappa shape index (κ1) is 23.1. The maximum atomic E-state index is 12.9. The van der Waals surface area contributed by atoms with E-state index in [1.54, 1.807) is 4.57 Å². The van der Waals surface area contributed by atoms with Gasteiger partial charge in [-0.25, -0.2) is 14.8 Å². The zero-order chi connectivity index (χ0) is 23.9. The quantitative estimate of drug-likeness (QED) is 0.637. The van der Waals surface area contributed by atoms with E-state index in [4.69, 9.17) is 10.7 Å². The highest BCUT2D eigenvalue weighted by Gasteiger charge is 2.35. The second-order valence-electron chi connectivity index (χ2n) is 10.4. The molecule has 0 spiro atoms. The second kappa shape index (κ2) is 8.72. The van der Waals surface area contributed by atoms with Crippen molar-refractivity contribution in [3.63, 3.8) is 0 Å². The van der Waals surface area contributed by atoms with E-state index in [2.05, 4.69) is 61.5 Å². The van der Waals surface area contributed by atoms with Crippen LogP contribution in [0.25, 0.3) is 11.2 Å². The molecular weight excluding hydrogens is 414 g/mol. The van der Waals surface area contributed by atoms with Gasteiger partial charge in [0.15, 0.2) is 11.5 Å². The largest absolute Gasteiger partial charge is 0.396 e. The van der Waals surface area contributed by atoms with E-state index in [-0.39, 0.29) is 23.2 Å². The van der Waals surface area contributed by atoms with Crippen LogP contribution >= 0.6 is 0 Å². The van der Waals surface area contributed by atoms with E-state index in [1.807, 2.05) is 29.9 Å². The number of pyridine rings is 2. The van der Waals surface area contributed by atoms with E-state index in [1.165, 1.54) is 0 Å². The van der Waals surface area contributed by atoms with Gasteiger partial charge in [-0.3, -0.25) is 9.13 Å². The molecule has 0 radical (unpaired) electrons. The van der Waals surface area contributed by atoms with Crippen molar-refractivity contribution in [2.75, 3.05) is 28.6 Å². The van der Waals surface area contributed by atoms with Crippen LogP contribution in [0.4, 0.5) is 17.3 Å². The van der Waals surface area contributed by atoms with Crippen LogP contribution < -0.4 is 21.2 Å². The van der Waals surface area contributed by atoms with Crippen LogP contribution in [0.3, 0.4) is 0 Å². The summed E-state index contributed by atoms with van der Waals surface area (Å²) in [5, 5.41) is 0. The maximum absolute atomic E-state index is 12.9. The van der Waals surface area contributed by atoms with Gasteiger partial charge < -0.3 is 15.5 Å². The molecule has 2 atom stereocenters. The number of hydrogen-bond donors (Lipinski definition) is 1. The van der Waals surface area contributed by atoms with Gasteiger partial charge in [0.2, 0.25) is 0 Å². The summed E-state index contributed by atoms with van der Waals surface area (Å²) in [7, 11) is 1.81. The minimum Gasteiger partial charge on any atom is -0.396 e. The van der Waals surface area contributed by atoms with Gasteiger partial charge in [-0.1, -0.05) is 34.6 Å². The fourth-order valence-electron chi connectivity index (χ4n) is 4.93. The molecule has 4 heterocycles. The normalized spacial score (nSPS) is 19.5. The van der Waals surface area contributed by atoms with Gasteiger partial charge in [-0.05, 0) is 42.5 Å². The fraction of sp³-hybridized carbons (Fsp3) is 0.560. The zero-order valence-corrected chi connectivity index (χ0v) is 20.7. The molecule has 1 saturated heterocycles. The van der Waals surface area contributed by atoms with Crippen LogP contribution in [0, 0.1) is 5.41 Å². The standard InChI is InChI=1S/C25H37N7O/c1-7-17-14-30(15-18(8-2)32(17)22-19(26)10-9-13-27-22)21-12-11-20-23(28-21)29(6)24(33)31(20)16-25(3,4)5/h9-13,17-18H,7-8,14-16,26H2,1-6H3. The zero-order valence-electron chi connectivity index (χ0n) is 20.7. The molecule has 2 unspecified atom stereocenters. The summed E-state index contributed by atoms with van der Waals surface area (Å²) < 4.78 is 3.52. The molecule has 0 bridgehead atoms. The highest BCUT2D eigenvalue weighted by Crippen LogP contribution is 2.32. The highest BCUT2D eigenvalue weighted by atomic mass is 16.1. The van der Waals surface area contributed by atoms with Gasteiger partial charge in [0.1, 0.15) is 5.82 Å². The number of nitrogens with zero attached hydrogens (tertiary/aromatic N) is 6. The molecule has 0 amide bonds. The minimum atomic E-state index is -0.0158. The van der Waals surface area contributed by atoms with Crippen molar-refractivity contribution in [2.24, 2.45) is 12.5 Å². The van der Waals surface area contributed by atoms with Gasteiger partial charge >= 0.3 is 5.69 Å². The Morgan fingerprint density at radius 3 is 2.33 bits per heavy atom. The highest BCUT2D eigenvalue weighted by molar-refractivity contribution is 5.74. The molecule has 1 fully saturated rings. The van der Waals surface area contributed by atoms with Crippen LogP contribution in [0.5, 0.6) is 0 Å². The molecule has 4 rings (SSSR count). The van der Waals surface area contributed by atoms with E-state index in [0.717, 1.165) is 54.4 Å². The number of nitrogen functional groups attached to an aromatic ring is 1. The Kier molecular flexibility index (Phi) is 6.12. The fourth-order valence-corrected chi connectivity index (χ4v) is 4.93. The lowest BCUT2D eigenvalue weighted by Gasteiger charge is -2.48. The van der Waals surface area contributed by atoms with Crippen molar-refractivity contribution in [3.8, 4) is 0 Å². The van der Waals surface area contributed by atoms with Gasteiger partial charge in [0, 0.05) is 45.0 Å². The molecule has 0 aromatic carbocycles. The monoisotopic (exact) mass is 451 g/mol. The first-order valence-electron chi connectivity index (χ1n) is 11.9. The summed E-state index contributed by atoms with van der Waals surface area (Å²) in [4.78, 5) is 27.3. The van der Waals surface area contributed by atoms with Crippen molar-refractivity contribution in [3.05, 3.63) is 40.9 Å². The van der Waals surface area contributed by atoms with Crippen LogP contribution in [0.2, 0.25) is 0 Å². The Balaban J connectivity index is 1.70. The summed E-state index contributed by atoms with van der Waals surface area (Å²) in [5.41, 5.74) is 8.64. The summed E-state index contributed by atoms with van der Waals surface area (Å²) in [6.45, 7) is 13.2. The van der Waals surface area contributed by atoms with Crippen LogP contribution in [0.15, 0.2) is 35.3 Å². The lowest BCUT2D eigenvalue weighted by Crippen LogP contribution is -2.59. The number of anilines is 3. The van der Waals surface area contributed by atoms with Gasteiger partial charge in [0.05, 0.1) is 11.2 Å². The third kappa shape index (κ3) is 4.30. The summed E-state index contributed by atoms with van der Waals surface area (Å²) in [6, 6.07) is 8.46. The Hall–Kier alpha value is -3.03. The third-order valence-corrected chi connectivity index (χ3v) is 6.58. The van der Waals surface area contributed by atoms with Crippen molar-refractivity contribution in [2.45, 2.75) is 66.1 Å². The smallest absolute Gasteiger partial charge is 0.330 e. The number of nitrogens with two attached hydrogens (primary N) is 1. The van der Waals surface area contributed by atoms with Crippen molar-refractivity contribution >= 4 is 28.5 Å². The molecule has 0 saturated carbocycles. The van der Waals surface area contributed by atoms with Crippen molar-refractivity contribution in [1.29, 1.82) is 0 Å². The summed E-state index contributed by atoms with van der Waals surface area (Å²) in [6.07, 6.45) is 3.77. The van der Waals surface area contributed by atoms with Gasteiger partial charge in [0.25, 0.3) is 0 Å². The van der Waals surface area contributed by atoms with E-state index < -0.39 is 0 Å². The van der Waals surface area contributed by atoms with Crippen LogP contribution in [0.1, 0.15) is 47.5 Å². The Bertz CT molecular complexity index is 1180. The van der Waals surface area contributed by atoms with Crippen molar-refractivity contribution < 1.29 is 0 Å². The van der Waals surface area contributed by atoms with Crippen LogP contribution in [-0.2, 0) is 13.6 Å². The number of fused-ring (bicyclic) bond motifs is 1. The van der Waals surface area contributed by atoms with Crippen LogP contribution in [-0.4, -0.2) is 44.3 Å². The number of hydrogen-bond acceptors (Lipinski definition) is 6. The molecule has 8 heteroatoms. The molecule has 2 N–H and O–H groups in total. The average Bonchev–Trinajstić information content (AvgIpc) is 3.01. The van der Waals surface area contributed by atoms with Crippen molar-refractivity contribution in [1.82, 2.24) is 19.1 Å².